The van der Waals surface area contributed by atoms with Crippen molar-refractivity contribution in [1.29, 1.82) is 0 Å². The zero-order valence-electron chi connectivity index (χ0n) is 12.2. The Bertz CT molecular complexity index is 690. The van der Waals surface area contributed by atoms with Gasteiger partial charge >= 0.3 is 0 Å². The van der Waals surface area contributed by atoms with Crippen LogP contribution in [0, 0.1) is 5.92 Å². The molecule has 0 N–H and O–H groups in total. The summed E-state index contributed by atoms with van der Waals surface area (Å²) >= 11 is 12.0. The lowest BCUT2D eigenvalue weighted by Crippen LogP contribution is -2.28. The van der Waals surface area contributed by atoms with Crippen LogP contribution in [0.5, 0.6) is 0 Å². The molecule has 1 aromatic heterocycles. The van der Waals surface area contributed by atoms with Gasteiger partial charge in [0.15, 0.2) is 0 Å². The van der Waals surface area contributed by atoms with Gasteiger partial charge in [0.2, 0.25) is 5.91 Å². The summed E-state index contributed by atoms with van der Waals surface area (Å²) in [5, 5.41) is 1.08. The number of aromatic nitrogens is 1. The van der Waals surface area contributed by atoms with Gasteiger partial charge in [-0.15, -0.1) is 0 Å². The molecule has 22 heavy (non-hydrogen) atoms. The minimum Gasteiger partial charge on any atom is -0.340 e. The third kappa shape index (κ3) is 3.26. The van der Waals surface area contributed by atoms with E-state index in [-0.39, 0.29) is 17.7 Å². The topological polar surface area (TPSA) is 33.2 Å². The van der Waals surface area contributed by atoms with Crippen LogP contribution in [0.1, 0.15) is 23.6 Å². The number of rotatable bonds is 4. The van der Waals surface area contributed by atoms with Gasteiger partial charge in [-0.3, -0.25) is 9.78 Å². The van der Waals surface area contributed by atoms with E-state index in [2.05, 4.69) is 4.98 Å². The third-order valence-electron chi connectivity index (χ3n) is 3.98. The predicted octanol–water partition coefficient (Wildman–Crippen LogP) is 4.15. The quantitative estimate of drug-likeness (QED) is 0.841. The van der Waals surface area contributed by atoms with Crippen LogP contribution < -0.4 is 0 Å². The standard InChI is InChI=1S/C17H16Cl2N2O/c1-21(10-12-4-2-3-7-20-12)17(22)14-9-13(14)11-5-6-15(18)16(19)8-11/h2-8,13-14H,9-10H2,1H3. The van der Waals surface area contributed by atoms with Crippen molar-refractivity contribution in [2.75, 3.05) is 7.05 Å². The highest BCUT2D eigenvalue weighted by Gasteiger charge is 2.45. The molecule has 2 aromatic rings. The Morgan fingerprint density at radius 2 is 2.09 bits per heavy atom. The van der Waals surface area contributed by atoms with Gasteiger partial charge in [-0.1, -0.05) is 35.3 Å². The van der Waals surface area contributed by atoms with Crippen molar-refractivity contribution < 1.29 is 4.79 Å². The summed E-state index contributed by atoms with van der Waals surface area (Å²) in [4.78, 5) is 18.5. The third-order valence-corrected chi connectivity index (χ3v) is 4.72. The summed E-state index contributed by atoms with van der Waals surface area (Å²) in [6.07, 6.45) is 2.60. The van der Waals surface area contributed by atoms with Crippen LogP contribution in [0.2, 0.25) is 10.0 Å². The minimum atomic E-state index is 0.0333. The molecular formula is C17H16Cl2N2O. The number of benzene rings is 1. The highest BCUT2D eigenvalue weighted by atomic mass is 35.5. The fourth-order valence-electron chi connectivity index (χ4n) is 2.67. The van der Waals surface area contributed by atoms with E-state index in [4.69, 9.17) is 23.2 Å². The van der Waals surface area contributed by atoms with Gasteiger partial charge in [0, 0.05) is 19.2 Å². The molecule has 5 heteroatoms. The maximum atomic E-state index is 12.5. The first-order valence-electron chi connectivity index (χ1n) is 7.16. The molecule has 1 amide bonds. The van der Waals surface area contributed by atoms with Gasteiger partial charge in [0.1, 0.15) is 0 Å². The minimum absolute atomic E-state index is 0.0333. The molecule has 1 heterocycles. The molecule has 0 saturated heterocycles. The average molecular weight is 335 g/mol. The van der Waals surface area contributed by atoms with Gasteiger partial charge < -0.3 is 4.90 Å². The number of nitrogens with zero attached hydrogens (tertiary/aromatic N) is 2. The SMILES string of the molecule is CN(Cc1ccccn1)C(=O)C1CC1c1ccc(Cl)c(Cl)c1. The van der Waals surface area contributed by atoms with Crippen molar-refractivity contribution in [1.82, 2.24) is 9.88 Å². The maximum absolute atomic E-state index is 12.5. The van der Waals surface area contributed by atoms with Crippen molar-refractivity contribution >= 4 is 29.1 Å². The number of hydrogen-bond acceptors (Lipinski definition) is 2. The van der Waals surface area contributed by atoms with Crippen LogP contribution in [0.25, 0.3) is 0 Å². The Labute approximate surface area is 139 Å². The monoisotopic (exact) mass is 334 g/mol. The van der Waals surface area contributed by atoms with E-state index in [1.54, 1.807) is 17.2 Å². The van der Waals surface area contributed by atoms with E-state index in [9.17, 15) is 4.79 Å². The predicted molar refractivity (Wildman–Crippen MR) is 88.0 cm³/mol. The van der Waals surface area contributed by atoms with Crippen molar-refractivity contribution in [3.63, 3.8) is 0 Å². The fourth-order valence-corrected chi connectivity index (χ4v) is 2.98. The Balaban J connectivity index is 1.63. The van der Waals surface area contributed by atoms with E-state index in [1.807, 2.05) is 37.4 Å². The molecule has 1 fully saturated rings. The van der Waals surface area contributed by atoms with Gasteiger partial charge in [-0.05, 0) is 42.2 Å². The van der Waals surface area contributed by atoms with Crippen molar-refractivity contribution in [3.8, 4) is 0 Å². The van der Waals surface area contributed by atoms with Crippen molar-refractivity contribution in [2.24, 2.45) is 5.92 Å². The lowest BCUT2D eigenvalue weighted by atomic mass is 10.1. The molecule has 0 bridgehead atoms. The van der Waals surface area contributed by atoms with Crippen LogP contribution >= 0.6 is 23.2 Å². The molecule has 0 radical (unpaired) electrons. The summed E-state index contributed by atoms with van der Waals surface area (Å²) < 4.78 is 0. The summed E-state index contributed by atoms with van der Waals surface area (Å²) in [5.74, 6) is 0.432. The molecule has 0 aliphatic heterocycles. The Morgan fingerprint density at radius 3 is 2.77 bits per heavy atom. The lowest BCUT2D eigenvalue weighted by molar-refractivity contribution is -0.131. The van der Waals surface area contributed by atoms with Crippen LogP contribution in [0.3, 0.4) is 0 Å². The zero-order chi connectivity index (χ0) is 15.7. The normalized spacial score (nSPS) is 19.8. The van der Waals surface area contributed by atoms with E-state index >= 15 is 0 Å². The summed E-state index contributed by atoms with van der Waals surface area (Å²) in [5.41, 5.74) is 1.98. The number of pyridine rings is 1. The van der Waals surface area contributed by atoms with Gasteiger partial charge in [0.25, 0.3) is 0 Å². The maximum Gasteiger partial charge on any atom is 0.226 e. The van der Waals surface area contributed by atoms with Crippen LogP contribution in [0.15, 0.2) is 42.6 Å². The van der Waals surface area contributed by atoms with E-state index in [0.29, 0.717) is 16.6 Å². The summed E-state index contributed by atoms with van der Waals surface area (Å²) in [6.45, 7) is 0.532. The molecule has 2 unspecified atom stereocenters. The summed E-state index contributed by atoms with van der Waals surface area (Å²) in [6, 6.07) is 11.3. The molecular weight excluding hydrogens is 319 g/mol. The molecule has 114 valence electrons. The molecule has 1 saturated carbocycles. The van der Waals surface area contributed by atoms with Crippen LogP contribution in [-0.4, -0.2) is 22.8 Å². The number of halogens is 2. The molecule has 3 rings (SSSR count). The highest BCUT2D eigenvalue weighted by Crippen LogP contribution is 2.49. The first-order chi connectivity index (χ1) is 10.6. The Hall–Kier alpha value is -1.58. The molecule has 1 aromatic carbocycles. The fraction of sp³-hybridized carbons (Fsp3) is 0.294. The first-order valence-corrected chi connectivity index (χ1v) is 7.91. The molecule has 1 aliphatic carbocycles. The second kappa shape index (κ2) is 6.27. The largest absolute Gasteiger partial charge is 0.340 e. The molecule has 1 aliphatic rings. The van der Waals surface area contributed by atoms with Crippen molar-refractivity contribution in [2.45, 2.75) is 18.9 Å². The molecule has 2 atom stereocenters. The summed E-state index contributed by atoms with van der Waals surface area (Å²) in [7, 11) is 1.82. The smallest absolute Gasteiger partial charge is 0.226 e. The lowest BCUT2D eigenvalue weighted by Gasteiger charge is -2.16. The van der Waals surface area contributed by atoms with E-state index in [0.717, 1.165) is 17.7 Å². The highest BCUT2D eigenvalue weighted by molar-refractivity contribution is 6.42. The number of amides is 1. The van der Waals surface area contributed by atoms with E-state index in [1.165, 1.54) is 0 Å². The number of carbonyl (C=O) groups excluding carboxylic acids is 1. The van der Waals surface area contributed by atoms with Crippen LogP contribution in [-0.2, 0) is 11.3 Å². The number of carbonyl (C=O) groups is 1. The van der Waals surface area contributed by atoms with Gasteiger partial charge in [-0.2, -0.15) is 0 Å². The van der Waals surface area contributed by atoms with Gasteiger partial charge in [-0.25, -0.2) is 0 Å². The second-order valence-corrected chi connectivity index (χ2v) is 6.45. The molecule has 0 spiro atoms. The average Bonchev–Trinajstić information content (AvgIpc) is 3.31. The zero-order valence-corrected chi connectivity index (χ0v) is 13.7. The Kier molecular flexibility index (Phi) is 4.37. The first kappa shape index (κ1) is 15.3. The molecule has 3 nitrogen and oxygen atoms in total. The van der Waals surface area contributed by atoms with Crippen LogP contribution in [0.4, 0.5) is 0 Å². The second-order valence-electron chi connectivity index (χ2n) is 5.64. The van der Waals surface area contributed by atoms with Gasteiger partial charge in [0.05, 0.1) is 22.3 Å². The number of hydrogen-bond donors (Lipinski definition) is 0. The van der Waals surface area contributed by atoms with Crippen molar-refractivity contribution in [3.05, 3.63) is 63.9 Å². The Morgan fingerprint density at radius 1 is 1.27 bits per heavy atom. The van der Waals surface area contributed by atoms with E-state index < -0.39 is 0 Å².